The zero-order valence-corrected chi connectivity index (χ0v) is 10.3. The maximum absolute atomic E-state index is 8.82. The normalized spacial score (nSPS) is 12.9. The highest BCUT2D eigenvalue weighted by Gasteiger charge is 2.03. The number of rotatable bonds is 4. The lowest BCUT2D eigenvalue weighted by atomic mass is 10.2. The molecule has 0 heterocycles. The van der Waals surface area contributed by atoms with Crippen molar-refractivity contribution in [1.29, 1.82) is 0 Å². The van der Waals surface area contributed by atoms with Crippen LogP contribution < -0.4 is 5.32 Å². The molecule has 0 radical (unpaired) electrons. The van der Waals surface area contributed by atoms with E-state index in [2.05, 4.69) is 21.2 Å². The first-order chi connectivity index (χ1) is 6.63. The number of aliphatic hydroxyl groups excluding tert-OH is 1. The third-order valence-electron chi connectivity index (χ3n) is 1.93. The summed E-state index contributed by atoms with van der Waals surface area (Å²) >= 11 is 9.37. The first kappa shape index (κ1) is 12.0. The number of benzene rings is 1. The van der Waals surface area contributed by atoms with Crippen LogP contribution in [0.25, 0.3) is 0 Å². The van der Waals surface area contributed by atoms with Crippen LogP contribution in [-0.4, -0.2) is 17.8 Å². The molecule has 1 rings (SSSR count). The molecule has 0 aliphatic heterocycles. The number of nitrogens with one attached hydrogen (secondary N) is 1. The van der Waals surface area contributed by atoms with Crippen molar-refractivity contribution >= 4 is 27.5 Å². The molecule has 0 aromatic heterocycles. The van der Waals surface area contributed by atoms with Crippen LogP contribution in [-0.2, 0) is 6.54 Å². The third-order valence-corrected chi connectivity index (χ3v) is 2.78. The molecule has 0 unspecified atom stereocenters. The Kier molecular flexibility index (Phi) is 4.89. The Morgan fingerprint density at radius 3 is 2.86 bits per heavy atom. The van der Waals surface area contributed by atoms with E-state index in [0.29, 0.717) is 6.54 Å². The Hall–Kier alpha value is -0.0900. The molecule has 4 heteroatoms. The molecule has 2 nitrogen and oxygen atoms in total. The zero-order valence-electron chi connectivity index (χ0n) is 7.93. The largest absolute Gasteiger partial charge is 0.395 e. The summed E-state index contributed by atoms with van der Waals surface area (Å²) in [5.41, 5.74) is 1.04. The van der Waals surface area contributed by atoms with E-state index in [1.54, 1.807) is 0 Å². The summed E-state index contributed by atoms with van der Waals surface area (Å²) in [5.74, 6) is 0. The fraction of sp³-hybridized carbons (Fsp3) is 0.400. The number of halogens is 2. The molecule has 0 aliphatic carbocycles. The van der Waals surface area contributed by atoms with E-state index in [4.69, 9.17) is 16.7 Å². The molecule has 0 bridgehead atoms. The van der Waals surface area contributed by atoms with Gasteiger partial charge in [0.25, 0.3) is 0 Å². The van der Waals surface area contributed by atoms with Crippen LogP contribution in [0.1, 0.15) is 12.5 Å². The summed E-state index contributed by atoms with van der Waals surface area (Å²) in [4.78, 5) is 0. The minimum atomic E-state index is 0.0923. The van der Waals surface area contributed by atoms with Crippen molar-refractivity contribution in [2.75, 3.05) is 6.61 Å². The van der Waals surface area contributed by atoms with E-state index in [0.717, 1.165) is 15.1 Å². The van der Waals surface area contributed by atoms with Gasteiger partial charge in [0.1, 0.15) is 0 Å². The Labute approximate surface area is 97.4 Å². The average Bonchev–Trinajstić information content (AvgIpc) is 2.16. The lowest BCUT2D eigenvalue weighted by Crippen LogP contribution is -2.28. The highest BCUT2D eigenvalue weighted by atomic mass is 79.9. The van der Waals surface area contributed by atoms with Crippen molar-refractivity contribution in [3.8, 4) is 0 Å². The maximum Gasteiger partial charge on any atom is 0.0582 e. The number of aliphatic hydroxyl groups is 1. The van der Waals surface area contributed by atoms with Crippen LogP contribution in [0.5, 0.6) is 0 Å². The van der Waals surface area contributed by atoms with E-state index in [9.17, 15) is 0 Å². The first-order valence-electron chi connectivity index (χ1n) is 4.41. The van der Waals surface area contributed by atoms with Crippen molar-refractivity contribution in [3.63, 3.8) is 0 Å². The molecule has 1 atom stereocenters. The highest BCUT2D eigenvalue weighted by Crippen LogP contribution is 2.21. The SMILES string of the molecule is C[C@@H](CO)NCc1ccc(Br)cc1Cl. The van der Waals surface area contributed by atoms with E-state index in [1.807, 2.05) is 25.1 Å². The molecule has 14 heavy (non-hydrogen) atoms. The van der Waals surface area contributed by atoms with Crippen molar-refractivity contribution in [3.05, 3.63) is 33.3 Å². The van der Waals surface area contributed by atoms with Gasteiger partial charge in [-0.1, -0.05) is 33.6 Å². The van der Waals surface area contributed by atoms with Gasteiger partial charge in [-0.25, -0.2) is 0 Å². The first-order valence-corrected chi connectivity index (χ1v) is 5.58. The predicted molar refractivity (Wildman–Crippen MR) is 62.5 cm³/mol. The monoisotopic (exact) mass is 277 g/mol. The standard InChI is InChI=1S/C10H13BrClNO/c1-7(6-14)13-5-8-2-3-9(11)4-10(8)12/h2-4,7,13-14H,5-6H2,1H3/t7-/m0/s1. The lowest BCUT2D eigenvalue weighted by molar-refractivity contribution is 0.251. The van der Waals surface area contributed by atoms with Gasteiger partial charge >= 0.3 is 0 Å². The Bertz CT molecular complexity index is 306. The second kappa shape index (κ2) is 5.71. The quantitative estimate of drug-likeness (QED) is 0.887. The minimum Gasteiger partial charge on any atom is -0.395 e. The highest BCUT2D eigenvalue weighted by molar-refractivity contribution is 9.10. The third kappa shape index (κ3) is 3.58. The van der Waals surface area contributed by atoms with Crippen molar-refractivity contribution < 1.29 is 5.11 Å². The molecule has 0 amide bonds. The lowest BCUT2D eigenvalue weighted by Gasteiger charge is -2.11. The summed E-state index contributed by atoms with van der Waals surface area (Å²) < 4.78 is 0.974. The maximum atomic E-state index is 8.82. The van der Waals surface area contributed by atoms with E-state index in [-0.39, 0.29) is 12.6 Å². The summed E-state index contributed by atoms with van der Waals surface area (Å²) in [7, 11) is 0. The topological polar surface area (TPSA) is 32.3 Å². The molecule has 1 aromatic rings. The van der Waals surface area contributed by atoms with Crippen LogP contribution in [0.4, 0.5) is 0 Å². The fourth-order valence-corrected chi connectivity index (χ4v) is 1.75. The van der Waals surface area contributed by atoms with Crippen LogP contribution in [0.2, 0.25) is 5.02 Å². The van der Waals surface area contributed by atoms with E-state index < -0.39 is 0 Å². The summed E-state index contributed by atoms with van der Waals surface area (Å²) in [5, 5.41) is 12.7. The van der Waals surface area contributed by atoms with Crippen LogP contribution in [0.3, 0.4) is 0 Å². The molecule has 0 saturated carbocycles. The van der Waals surface area contributed by atoms with Crippen LogP contribution in [0, 0.1) is 0 Å². The molecule has 1 aromatic carbocycles. The molecule has 0 saturated heterocycles. The molecular formula is C10H13BrClNO. The summed E-state index contributed by atoms with van der Waals surface area (Å²) in [6, 6.07) is 5.87. The predicted octanol–water partition coefficient (Wildman–Crippen LogP) is 2.57. The minimum absolute atomic E-state index is 0.0923. The second-order valence-corrected chi connectivity index (χ2v) is 4.52. The Morgan fingerprint density at radius 2 is 2.29 bits per heavy atom. The van der Waals surface area contributed by atoms with Gasteiger partial charge < -0.3 is 10.4 Å². The number of hydrogen-bond donors (Lipinski definition) is 2. The smallest absolute Gasteiger partial charge is 0.0582 e. The summed E-state index contributed by atoms with van der Waals surface area (Å²) in [6.07, 6.45) is 0. The second-order valence-electron chi connectivity index (χ2n) is 3.20. The van der Waals surface area contributed by atoms with Gasteiger partial charge in [-0.05, 0) is 24.6 Å². The molecule has 78 valence electrons. The Morgan fingerprint density at radius 1 is 1.57 bits per heavy atom. The molecular weight excluding hydrogens is 265 g/mol. The van der Waals surface area contributed by atoms with Gasteiger partial charge in [0, 0.05) is 22.1 Å². The van der Waals surface area contributed by atoms with Gasteiger partial charge in [0.2, 0.25) is 0 Å². The van der Waals surface area contributed by atoms with E-state index in [1.165, 1.54) is 0 Å². The molecule has 0 spiro atoms. The van der Waals surface area contributed by atoms with Gasteiger partial charge in [0.15, 0.2) is 0 Å². The van der Waals surface area contributed by atoms with Crippen LogP contribution in [0.15, 0.2) is 22.7 Å². The van der Waals surface area contributed by atoms with Crippen LogP contribution >= 0.6 is 27.5 Å². The van der Waals surface area contributed by atoms with Gasteiger partial charge in [-0.3, -0.25) is 0 Å². The average molecular weight is 279 g/mol. The van der Waals surface area contributed by atoms with Crippen molar-refractivity contribution in [1.82, 2.24) is 5.32 Å². The fourth-order valence-electron chi connectivity index (χ4n) is 1.01. The van der Waals surface area contributed by atoms with Gasteiger partial charge in [-0.15, -0.1) is 0 Å². The number of hydrogen-bond acceptors (Lipinski definition) is 2. The molecule has 0 aliphatic rings. The molecule has 0 fully saturated rings. The Balaban J connectivity index is 2.59. The van der Waals surface area contributed by atoms with Gasteiger partial charge in [0.05, 0.1) is 6.61 Å². The zero-order chi connectivity index (χ0) is 10.6. The van der Waals surface area contributed by atoms with E-state index >= 15 is 0 Å². The summed E-state index contributed by atoms with van der Waals surface area (Å²) in [6.45, 7) is 2.73. The van der Waals surface area contributed by atoms with Gasteiger partial charge in [-0.2, -0.15) is 0 Å². The van der Waals surface area contributed by atoms with Crippen molar-refractivity contribution in [2.24, 2.45) is 0 Å². The molecule has 2 N–H and O–H groups in total. The van der Waals surface area contributed by atoms with Crippen molar-refractivity contribution in [2.45, 2.75) is 19.5 Å².